The minimum atomic E-state index is -0.0936. The Morgan fingerprint density at radius 2 is 1.90 bits per heavy atom. The maximum atomic E-state index is 12.1. The zero-order chi connectivity index (χ0) is 14.5. The summed E-state index contributed by atoms with van der Waals surface area (Å²) in [5.74, 6) is -0.0936. The molecule has 0 bridgehead atoms. The zero-order valence-electron chi connectivity index (χ0n) is 11.3. The molecule has 104 valence electrons. The maximum Gasteiger partial charge on any atom is 0.255 e. The minimum absolute atomic E-state index is 0.0936. The van der Waals surface area contributed by atoms with Gasteiger partial charge in [-0.25, -0.2) is 0 Å². The number of hydrogen-bond donors (Lipinski definition) is 2. The van der Waals surface area contributed by atoms with Gasteiger partial charge in [0.1, 0.15) is 0 Å². The number of nitrogens with two attached hydrogens (primary N) is 1. The van der Waals surface area contributed by atoms with E-state index < -0.39 is 0 Å². The van der Waals surface area contributed by atoms with Gasteiger partial charge < -0.3 is 11.1 Å². The van der Waals surface area contributed by atoms with Crippen LogP contribution in [0.4, 0.5) is 5.69 Å². The third-order valence-electron chi connectivity index (χ3n) is 3.08. The van der Waals surface area contributed by atoms with Crippen molar-refractivity contribution in [1.82, 2.24) is 0 Å². The number of amides is 1. The Morgan fingerprint density at radius 1 is 1.20 bits per heavy atom. The van der Waals surface area contributed by atoms with Crippen molar-refractivity contribution in [2.24, 2.45) is 5.73 Å². The average molecular weight is 380 g/mol. The Labute approximate surface area is 132 Å². The van der Waals surface area contributed by atoms with E-state index in [2.05, 4.69) is 27.9 Å². The number of halogens is 1. The molecule has 0 heterocycles. The molecule has 0 spiro atoms. The Hall–Kier alpha value is -1.40. The van der Waals surface area contributed by atoms with E-state index in [1.54, 1.807) is 0 Å². The summed E-state index contributed by atoms with van der Waals surface area (Å²) in [4.78, 5) is 12.1. The Morgan fingerprint density at radius 3 is 2.50 bits per heavy atom. The fourth-order valence-corrected chi connectivity index (χ4v) is 2.38. The zero-order valence-corrected chi connectivity index (χ0v) is 13.5. The monoisotopic (exact) mass is 380 g/mol. The van der Waals surface area contributed by atoms with E-state index in [4.69, 9.17) is 5.73 Å². The first-order chi connectivity index (χ1) is 9.60. The largest absolute Gasteiger partial charge is 0.330 e. The molecule has 3 N–H and O–H groups in total. The summed E-state index contributed by atoms with van der Waals surface area (Å²) in [6.45, 7) is 2.66. The third kappa shape index (κ3) is 3.80. The molecule has 1 amide bonds. The lowest BCUT2D eigenvalue weighted by Gasteiger charge is -2.07. The molecule has 0 atom stereocenters. The first-order valence-electron chi connectivity index (χ1n) is 6.46. The van der Waals surface area contributed by atoms with Gasteiger partial charge in [-0.1, -0.05) is 18.2 Å². The lowest BCUT2D eigenvalue weighted by Crippen LogP contribution is -2.12. The van der Waals surface area contributed by atoms with Gasteiger partial charge >= 0.3 is 0 Å². The van der Waals surface area contributed by atoms with Crippen molar-refractivity contribution in [3.05, 3.63) is 62.7 Å². The summed E-state index contributed by atoms with van der Waals surface area (Å²) in [6, 6.07) is 13.4. The summed E-state index contributed by atoms with van der Waals surface area (Å²) in [5.41, 5.74) is 9.33. The van der Waals surface area contributed by atoms with Crippen molar-refractivity contribution in [2.45, 2.75) is 13.3 Å². The topological polar surface area (TPSA) is 55.1 Å². The maximum absolute atomic E-state index is 12.1. The molecule has 2 aromatic carbocycles. The number of anilines is 1. The fraction of sp³-hybridized carbons (Fsp3) is 0.188. The molecule has 0 aromatic heterocycles. The van der Waals surface area contributed by atoms with E-state index in [1.807, 2.05) is 49.4 Å². The van der Waals surface area contributed by atoms with Crippen LogP contribution in [0.3, 0.4) is 0 Å². The molecule has 3 nitrogen and oxygen atoms in total. The molecule has 0 saturated carbocycles. The number of hydrogen-bond acceptors (Lipinski definition) is 2. The summed E-state index contributed by atoms with van der Waals surface area (Å²) >= 11 is 2.26. The van der Waals surface area contributed by atoms with Crippen molar-refractivity contribution >= 4 is 34.2 Å². The van der Waals surface area contributed by atoms with Gasteiger partial charge in [0.2, 0.25) is 0 Å². The number of nitrogens with one attached hydrogen (secondary N) is 1. The van der Waals surface area contributed by atoms with Gasteiger partial charge in [-0.3, -0.25) is 4.79 Å². The minimum Gasteiger partial charge on any atom is -0.330 e. The summed E-state index contributed by atoms with van der Waals surface area (Å²) < 4.78 is 1.14. The number of carbonyl (C=O) groups is 1. The van der Waals surface area contributed by atoms with Crippen molar-refractivity contribution < 1.29 is 4.79 Å². The first-order valence-corrected chi connectivity index (χ1v) is 7.54. The second-order valence-electron chi connectivity index (χ2n) is 4.65. The van der Waals surface area contributed by atoms with Crippen molar-refractivity contribution in [2.75, 3.05) is 11.9 Å². The van der Waals surface area contributed by atoms with Crippen LogP contribution in [0.25, 0.3) is 0 Å². The Balaban J connectivity index is 2.09. The van der Waals surface area contributed by atoms with Crippen LogP contribution in [-0.4, -0.2) is 12.5 Å². The highest BCUT2D eigenvalue weighted by Crippen LogP contribution is 2.18. The predicted molar refractivity (Wildman–Crippen MR) is 91.0 cm³/mol. The Kier molecular flexibility index (Phi) is 5.14. The van der Waals surface area contributed by atoms with Crippen LogP contribution in [0.2, 0.25) is 0 Å². The van der Waals surface area contributed by atoms with E-state index in [-0.39, 0.29) is 5.91 Å². The van der Waals surface area contributed by atoms with Crippen LogP contribution in [0.15, 0.2) is 42.5 Å². The molecule has 0 aliphatic rings. The molecule has 2 aromatic rings. The average Bonchev–Trinajstić information content (AvgIpc) is 2.44. The van der Waals surface area contributed by atoms with Gasteiger partial charge in [0, 0.05) is 14.8 Å². The molecule has 0 radical (unpaired) electrons. The molecular weight excluding hydrogens is 363 g/mol. The molecule has 2 rings (SSSR count). The van der Waals surface area contributed by atoms with Crippen LogP contribution in [-0.2, 0) is 6.42 Å². The van der Waals surface area contributed by atoms with Gasteiger partial charge in [-0.15, -0.1) is 0 Å². The van der Waals surface area contributed by atoms with Gasteiger partial charge in [0.25, 0.3) is 5.91 Å². The van der Waals surface area contributed by atoms with Gasteiger partial charge in [0.05, 0.1) is 0 Å². The number of carbonyl (C=O) groups excluding carboxylic acids is 1. The van der Waals surface area contributed by atoms with Crippen LogP contribution >= 0.6 is 22.6 Å². The van der Waals surface area contributed by atoms with E-state index in [9.17, 15) is 4.79 Å². The molecule has 0 fully saturated rings. The highest BCUT2D eigenvalue weighted by Gasteiger charge is 2.06. The second-order valence-corrected chi connectivity index (χ2v) is 5.82. The summed E-state index contributed by atoms with van der Waals surface area (Å²) in [6.07, 6.45) is 0.831. The lowest BCUT2D eigenvalue weighted by atomic mass is 10.1. The van der Waals surface area contributed by atoms with E-state index in [0.717, 1.165) is 21.2 Å². The highest BCUT2D eigenvalue weighted by atomic mass is 127. The number of aryl methyl sites for hydroxylation is 1. The standard InChI is InChI=1S/C16H17IN2O/c1-11-2-7-14(10-15(11)17)19-16(20)13-5-3-12(4-6-13)8-9-18/h2-7,10H,8-9,18H2,1H3,(H,19,20). The smallest absolute Gasteiger partial charge is 0.255 e. The summed E-state index contributed by atoms with van der Waals surface area (Å²) in [7, 11) is 0. The number of rotatable bonds is 4. The highest BCUT2D eigenvalue weighted by molar-refractivity contribution is 14.1. The van der Waals surface area contributed by atoms with Gasteiger partial charge in [-0.05, 0) is 77.9 Å². The SMILES string of the molecule is Cc1ccc(NC(=O)c2ccc(CCN)cc2)cc1I. The van der Waals surface area contributed by atoms with Crippen molar-refractivity contribution in [1.29, 1.82) is 0 Å². The fourth-order valence-electron chi connectivity index (χ4n) is 1.86. The predicted octanol–water partition coefficient (Wildman–Crippen LogP) is 3.35. The van der Waals surface area contributed by atoms with E-state index in [1.165, 1.54) is 5.56 Å². The summed E-state index contributed by atoms with van der Waals surface area (Å²) in [5, 5.41) is 2.91. The van der Waals surface area contributed by atoms with Crippen LogP contribution in [0, 0.1) is 10.5 Å². The second kappa shape index (κ2) is 6.85. The third-order valence-corrected chi connectivity index (χ3v) is 4.24. The van der Waals surface area contributed by atoms with Crippen LogP contribution < -0.4 is 11.1 Å². The molecule has 0 unspecified atom stereocenters. The normalized spacial score (nSPS) is 10.3. The molecule has 0 saturated heterocycles. The molecular formula is C16H17IN2O. The van der Waals surface area contributed by atoms with Crippen molar-refractivity contribution in [3.63, 3.8) is 0 Å². The Bertz CT molecular complexity index is 608. The molecule has 0 aliphatic heterocycles. The van der Waals surface area contributed by atoms with Crippen LogP contribution in [0.5, 0.6) is 0 Å². The van der Waals surface area contributed by atoms with E-state index in [0.29, 0.717) is 12.1 Å². The van der Waals surface area contributed by atoms with E-state index >= 15 is 0 Å². The van der Waals surface area contributed by atoms with Gasteiger partial charge in [-0.2, -0.15) is 0 Å². The van der Waals surface area contributed by atoms with Crippen molar-refractivity contribution in [3.8, 4) is 0 Å². The van der Waals surface area contributed by atoms with Crippen LogP contribution in [0.1, 0.15) is 21.5 Å². The van der Waals surface area contributed by atoms with Gasteiger partial charge in [0.15, 0.2) is 0 Å². The number of benzene rings is 2. The molecule has 4 heteroatoms. The lowest BCUT2D eigenvalue weighted by molar-refractivity contribution is 0.102. The first kappa shape index (κ1) is 15.0. The molecule has 20 heavy (non-hydrogen) atoms. The molecule has 0 aliphatic carbocycles. The quantitative estimate of drug-likeness (QED) is 0.800.